The smallest absolute Gasteiger partial charge is 0.122 e. The van der Waals surface area contributed by atoms with Gasteiger partial charge < -0.3 is 9.84 Å². The minimum Gasteiger partial charge on any atom is -0.491 e. The van der Waals surface area contributed by atoms with Crippen molar-refractivity contribution in [3.8, 4) is 5.75 Å². The molecule has 0 aliphatic carbocycles. The van der Waals surface area contributed by atoms with Gasteiger partial charge in [0.05, 0.1) is 5.69 Å². The molecular weight excluding hydrogens is 276 g/mol. The third-order valence-corrected chi connectivity index (χ3v) is 3.55. The van der Waals surface area contributed by atoms with Gasteiger partial charge in [0.15, 0.2) is 0 Å². The van der Waals surface area contributed by atoms with Gasteiger partial charge in [-0.15, -0.1) is 0 Å². The van der Waals surface area contributed by atoms with Gasteiger partial charge in [0, 0.05) is 19.3 Å². The lowest BCUT2D eigenvalue weighted by Gasteiger charge is -2.23. The van der Waals surface area contributed by atoms with Crippen LogP contribution in [0.2, 0.25) is 0 Å². The van der Waals surface area contributed by atoms with Crippen LogP contribution in [-0.4, -0.2) is 40.8 Å². The van der Waals surface area contributed by atoms with Crippen molar-refractivity contribution in [3.63, 3.8) is 0 Å². The number of aliphatic hydroxyl groups is 1. The normalized spacial score (nSPS) is 12.4. The molecule has 2 aromatic rings. The maximum absolute atomic E-state index is 10.2. The first-order valence-electron chi connectivity index (χ1n) is 7.67. The predicted octanol–water partition coefficient (Wildman–Crippen LogP) is 2.65. The fourth-order valence-electron chi connectivity index (χ4n) is 2.28. The van der Waals surface area contributed by atoms with E-state index in [1.54, 1.807) is 6.20 Å². The zero-order valence-corrected chi connectivity index (χ0v) is 13.3. The summed E-state index contributed by atoms with van der Waals surface area (Å²) in [7, 11) is 0. The van der Waals surface area contributed by atoms with Gasteiger partial charge in [-0.05, 0) is 37.2 Å². The molecule has 0 saturated heterocycles. The monoisotopic (exact) mass is 300 g/mol. The highest BCUT2D eigenvalue weighted by Gasteiger charge is 2.12. The molecule has 1 N–H and O–H groups in total. The number of likely N-dealkylation sites (N-methyl/N-ethyl adjacent to an activating group) is 1. The summed E-state index contributed by atoms with van der Waals surface area (Å²) < 4.78 is 5.70. The molecule has 1 atom stereocenters. The molecule has 2 rings (SSSR count). The number of ether oxygens (including phenoxy) is 1. The fourth-order valence-corrected chi connectivity index (χ4v) is 2.28. The van der Waals surface area contributed by atoms with Crippen LogP contribution in [0.4, 0.5) is 0 Å². The first kappa shape index (κ1) is 16.5. The molecule has 0 bridgehead atoms. The molecule has 0 saturated carbocycles. The van der Waals surface area contributed by atoms with Gasteiger partial charge in [-0.1, -0.05) is 31.2 Å². The van der Waals surface area contributed by atoms with Crippen molar-refractivity contribution in [3.05, 3.63) is 59.9 Å². The van der Waals surface area contributed by atoms with Crippen molar-refractivity contribution < 1.29 is 9.84 Å². The maximum atomic E-state index is 10.2. The Kier molecular flexibility index (Phi) is 6.37. The third kappa shape index (κ3) is 5.13. The SMILES string of the molecule is CCN(Cc1ccccn1)CC(O)COc1ccccc1C. The maximum Gasteiger partial charge on any atom is 0.122 e. The van der Waals surface area contributed by atoms with E-state index in [4.69, 9.17) is 4.74 Å². The number of nitrogens with zero attached hydrogens (tertiary/aromatic N) is 2. The van der Waals surface area contributed by atoms with Crippen molar-refractivity contribution in [1.82, 2.24) is 9.88 Å². The van der Waals surface area contributed by atoms with Gasteiger partial charge in [-0.2, -0.15) is 0 Å². The lowest BCUT2D eigenvalue weighted by Crippen LogP contribution is -2.35. The molecule has 1 unspecified atom stereocenters. The van der Waals surface area contributed by atoms with Gasteiger partial charge in [0.25, 0.3) is 0 Å². The van der Waals surface area contributed by atoms with Crippen LogP contribution in [0.25, 0.3) is 0 Å². The number of pyridine rings is 1. The second-order valence-electron chi connectivity index (χ2n) is 5.38. The summed E-state index contributed by atoms with van der Waals surface area (Å²) in [5.74, 6) is 0.828. The van der Waals surface area contributed by atoms with E-state index in [1.165, 1.54) is 0 Å². The summed E-state index contributed by atoms with van der Waals surface area (Å²) in [5, 5.41) is 10.2. The van der Waals surface area contributed by atoms with Crippen LogP contribution in [0.3, 0.4) is 0 Å². The number of benzene rings is 1. The molecular formula is C18H24N2O2. The van der Waals surface area contributed by atoms with Gasteiger partial charge in [0.2, 0.25) is 0 Å². The topological polar surface area (TPSA) is 45.6 Å². The zero-order chi connectivity index (χ0) is 15.8. The molecule has 1 heterocycles. The quantitative estimate of drug-likeness (QED) is 0.814. The Morgan fingerprint density at radius 2 is 1.95 bits per heavy atom. The molecule has 0 amide bonds. The van der Waals surface area contributed by atoms with Crippen LogP contribution in [0.15, 0.2) is 48.7 Å². The summed E-state index contributed by atoms with van der Waals surface area (Å²) in [6, 6.07) is 13.7. The minimum absolute atomic E-state index is 0.295. The van der Waals surface area contributed by atoms with E-state index >= 15 is 0 Å². The van der Waals surface area contributed by atoms with E-state index in [9.17, 15) is 5.11 Å². The summed E-state index contributed by atoms with van der Waals surface area (Å²) in [6.45, 7) is 6.54. The Labute approximate surface area is 132 Å². The summed E-state index contributed by atoms with van der Waals surface area (Å²) in [4.78, 5) is 6.49. The Balaban J connectivity index is 1.82. The predicted molar refractivity (Wildman–Crippen MR) is 87.9 cm³/mol. The molecule has 1 aromatic carbocycles. The molecule has 0 spiro atoms. The Morgan fingerprint density at radius 1 is 1.18 bits per heavy atom. The molecule has 4 nitrogen and oxygen atoms in total. The standard InChI is InChI=1S/C18H24N2O2/c1-3-20(12-16-9-6-7-11-19-16)13-17(21)14-22-18-10-5-4-8-15(18)2/h4-11,17,21H,3,12-14H2,1-2H3. The van der Waals surface area contributed by atoms with E-state index in [0.717, 1.165) is 30.1 Å². The van der Waals surface area contributed by atoms with Crippen molar-refractivity contribution in [2.24, 2.45) is 0 Å². The van der Waals surface area contributed by atoms with Crippen LogP contribution in [0.5, 0.6) is 5.75 Å². The van der Waals surface area contributed by atoms with Crippen LogP contribution in [0, 0.1) is 6.92 Å². The van der Waals surface area contributed by atoms with Crippen LogP contribution in [0.1, 0.15) is 18.2 Å². The van der Waals surface area contributed by atoms with E-state index in [0.29, 0.717) is 13.2 Å². The van der Waals surface area contributed by atoms with E-state index in [1.807, 2.05) is 49.4 Å². The molecule has 0 fully saturated rings. The Bertz CT molecular complexity index is 560. The van der Waals surface area contributed by atoms with Crippen LogP contribution >= 0.6 is 0 Å². The van der Waals surface area contributed by atoms with Crippen molar-refractivity contribution in [2.45, 2.75) is 26.5 Å². The van der Waals surface area contributed by atoms with Gasteiger partial charge >= 0.3 is 0 Å². The molecule has 0 aliphatic rings. The van der Waals surface area contributed by atoms with Gasteiger partial charge in [-0.3, -0.25) is 9.88 Å². The largest absolute Gasteiger partial charge is 0.491 e. The highest BCUT2D eigenvalue weighted by molar-refractivity contribution is 5.31. The number of aromatic nitrogens is 1. The highest BCUT2D eigenvalue weighted by atomic mass is 16.5. The molecule has 1 aromatic heterocycles. The first-order chi connectivity index (χ1) is 10.7. The van der Waals surface area contributed by atoms with Crippen molar-refractivity contribution in [1.29, 1.82) is 0 Å². The third-order valence-electron chi connectivity index (χ3n) is 3.55. The minimum atomic E-state index is -0.525. The van der Waals surface area contributed by atoms with Crippen LogP contribution in [-0.2, 0) is 6.54 Å². The van der Waals surface area contributed by atoms with E-state index in [2.05, 4.69) is 16.8 Å². The molecule has 0 radical (unpaired) electrons. The number of hydrogen-bond acceptors (Lipinski definition) is 4. The average molecular weight is 300 g/mol. The second-order valence-corrected chi connectivity index (χ2v) is 5.38. The number of aliphatic hydroxyl groups excluding tert-OH is 1. The Morgan fingerprint density at radius 3 is 2.64 bits per heavy atom. The van der Waals surface area contributed by atoms with Crippen LogP contribution < -0.4 is 4.74 Å². The van der Waals surface area contributed by atoms with Gasteiger partial charge in [-0.25, -0.2) is 0 Å². The van der Waals surface area contributed by atoms with E-state index in [-0.39, 0.29) is 0 Å². The van der Waals surface area contributed by atoms with Gasteiger partial charge in [0.1, 0.15) is 18.5 Å². The number of para-hydroxylation sites is 1. The highest BCUT2D eigenvalue weighted by Crippen LogP contribution is 2.16. The van der Waals surface area contributed by atoms with Crippen molar-refractivity contribution in [2.75, 3.05) is 19.7 Å². The summed E-state index contributed by atoms with van der Waals surface area (Å²) in [6.07, 6.45) is 1.27. The molecule has 22 heavy (non-hydrogen) atoms. The number of aryl methyl sites for hydroxylation is 1. The zero-order valence-electron chi connectivity index (χ0n) is 13.3. The van der Waals surface area contributed by atoms with Crippen molar-refractivity contribution >= 4 is 0 Å². The average Bonchev–Trinajstić information content (AvgIpc) is 2.54. The molecule has 4 heteroatoms. The second kappa shape index (κ2) is 8.51. The number of rotatable bonds is 8. The number of hydrogen-bond donors (Lipinski definition) is 1. The fraction of sp³-hybridized carbons (Fsp3) is 0.389. The lowest BCUT2D eigenvalue weighted by atomic mass is 10.2. The molecule has 0 aliphatic heterocycles. The summed E-state index contributed by atoms with van der Waals surface area (Å²) >= 11 is 0. The first-order valence-corrected chi connectivity index (χ1v) is 7.67. The summed E-state index contributed by atoms with van der Waals surface area (Å²) in [5.41, 5.74) is 2.09. The Hall–Kier alpha value is -1.91. The van der Waals surface area contributed by atoms with E-state index < -0.39 is 6.10 Å². The molecule has 118 valence electrons. The lowest BCUT2D eigenvalue weighted by molar-refractivity contribution is 0.0668.